The van der Waals surface area contributed by atoms with E-state index >= 15 is 0 Å². The van der Waals surface area contributed by atoms with E-state index in [0.717, 1.165) is 35.4 Å². The van der Waals surface area contributed by atoms with Gasteiger partial charge in [-0.05, 0) is 36.8 Å². The zero-order valence-electron chi connectivity index (χ0n) is 14.5. The molecule has 25 heavy (non-hydrogen) atoms. The highest BCUT2D eigenvalue weighted by molar-refractivity contribution is 5.66. The van der Waals surface area contributed by atoms with Crippen LogP contribution in [0.25, 0.3) is 11.3 Å². The number of para-hydroxylation sites is 1. The standard InChI is InChI=1S/C18H19N3O.C2H4O/c1-19-15-8-6-14(7-9-15)10-11-22-18-5-3-2-4-16(18)17-12-20-13-21-17;1-2-3/h2-9,12-13,19H,10-11H2,1H3,(H,20,21);2H,1H3. The molecule has 0 amide bonds. The SMILES string of the molecule is CC=O.CNc1ccc(CCOc2ccccc2-c2cnc[nH]2)cc1. The molecule has 0 saturated heterocycles. The first-order chi connectivity index (χ1) is 12.3. The maximum atomic E-state index is 8.81. The number of H-pyrrole nitrogens is 1. The van der Waals surface area contributed by atoms with Gasteiger partial charge in [0.2, 0.25) is 0 Å². The number of rotatable bonds is 6. The number of nitrogens with one attached hydrogen (secondary N) is 2. The number of aromatic amines is 1. The normalized spacial score (nSPS) is 9.68. The molecule has 1 heterocycles. The van der Waals surface area contributed by atoms with Crippen LogP contribution in [0.3, 0.4) is 0 Å². The minimum atomic E-state index is 0.643. The summed E-state index contributed by atoms with van der Waals surface area (Å²) in [6.45, 7) is 2.09. The van der Waals surface area contributed by atoms with Crippen molar-refractivity contribution in [2.45, 2.75) is 13.3 Å². The monoisotopic (exact) mass is 337 g/mol. The smallest absolute Gasteiger partial charge is 0.128 e. The lowest BCUT2D eigenvalue weighted by atomic mass is 10.1. The summed E-state index contributed by atoms with van der Waals surface area (Å²) in [5, 5.41) is 3.12. The topological polar surface area (TPSA) is 67.0 Å². The Balaban J connectivity index is 0.000000701. The van der Waals surface area contributed by atoms with Crippen molar-refractivity contribution in [2.24, 2.45) is 0 Å². The molecule has 130 valence electrons. The Morgan fingerprint density at radius 1 is 1.16 bits per heavy atom. The van der Waals surface area contributed by atoms with E-state index in [1.54, 1.807) is 12.5 Å². The van der Waals surface area contributed by atoms with Crippen molar-refractivity contribution < 1.29 is 9.53 Å². The Hall–Kier alpha value is -3.08. The highest BCUT2D eigenvalue weighted by atomic mass is 16.5. The lowest BCUT2D eigenvalue weighted by molar-refractivity contribution is -0.106. The van der Waals surface area contributed by atoms with Crippen molar-refractivity contribution in [1.82, 2.24) is 9.97 Å². The molecule has 0 fully saturated rings. The minimum absolute atomic E-state index is 0.643. The molecule has 0 spiro atoms. The van der Waals surface area contributed by atoms with E-state index < -0.39 is 0 Å². The molecule has 2 N–H and O–H groups in total. The second kappa shape index (κ2) is 9.93. The predicted molar refractivity (Wildman–Crippen MR) is 101 cm³/mol. The first-order valence-electron chi connectivity index (χ1n) is 8.15. The van der Waals surface area contributed by atoms with Crippen molar-refractivity contribution in [3.8, 4) is 17.0 Å². The Morgan fingerprint density at radius 2 is 1.88 bits per heavy atom. The van der Waals surface area contributed by atoms with Crippen LogP contribution in [0.2, 0.25) is 0 Å². The molecule has 3 aromatic rings. The van der Waals surface area contributed by atoms with Gasteiger partial charge in [-0.2, -0.15) is 0 Å². The van der Waals surface area contributed by atoms with Crippen molar-refractivity contribution in [3.05, 3.63) is 66.6 Å². The van der Waals surface area contributed by atoms with Gasteiger partial charge in [0.05, 0.1) is 24.8 Å². The van der Waals surface area contributed by atoms with Crippen LogP contribution in [0.1, 0.15) is 12.5 Å². The van der Waals surface area contributed by atoms with Crippen LogP contribution in [0.4, 0.5) is 5.69 Å². The van der Waals surface area contributed by atoms with Crippen LogP contribution in [0, 0.1) is 0 Å². The summed E-state index contributed by atoms with van der Waals surface area (Å²) in [6, 6.07) is 16.4. The van der Waals surface area contributed by atoms with Gasteiger partial charge in [0.1, 0.15) is 12.0 Å². The Labute approximate surface area is 148 Å². The number of nitrogens with zero attached hydrogens (tertiary/aromatic N) is 1. The van der Waals surface area contributed by atoms with Crippen LogP contribution in [0.5, 0.6) is 5.75 Å². The number of aromatic nitrogens is 2. The molecule has 0 atom stereocenters. The fourth-order valence-corrected chi connectivity index (χ4v) is 2.34. The summed E-state index contributed by atoms with van der Waals surface area (Å²) in [4.78, 5) is 16.0. The average molecular weight is 337 g/mol. The lowest BCUT2D eigenvalue weighted by Crippen LogP contribution is -2.02. The van der Waals surface area contributed by atoms with Gasteiger partial charge in [0, 0.05) is 24.7 Å². The first-order valence-corrected chi connectivity index (χ1v) is 8.15. The fourth-order valence-electron chi connectivity index (χ4n) is 2.34. The zero-order chi connectivity index (χ0) is 17.9. The molecule has 0 saturated carbocycles. The maximum absolute atomic E-state index is 8.81. The molecular weight excluding hydrogens is 314 g/mol. The van der Waals surface area contributed by atoms with E-state index in [1.807, 2.05) is 31.3 Å². The molecule has 5 nitrogen and oxygen atoms in total. The van der Waals surface area contributed by atoms with Crippen molar-refractivity contribution in [1.29, 1.82) is 0 Å². The number of hydrogen-bond acceptors (Lipinski definition) is 4. The lowest BCUT2D eigenvalue weighted by Gasteiger charge is -2.10. The number of aldehydes is 1. The van der Waals surface area contributed by atoms with Crippen LogP contribution < -0.4 is 10.1 Å². The van der Waals surface area contributed by atoms with Gasteiger partial charge in [-0.25, -0.2) is 4.98 Å². The highest BCUT2D eigenvalue weighted by Crippen LogP contribution is 2.27. The molecule has 0 radical (unpaired) electrons. The average Bonchev–Trinajstić information content (AvgIpc) is 3.18. The molecule has 0 bridgehead atoms. The molecule has 3 rings (SSSR count). The Bertz CT molecular complexity index is 753. The van der Waals surface area contributed by atoms with Crippen molar-refractivity contribution in [3.63, 3.8) is 0 Å². The number of benzene rings is 2. The third kappa shape index (κ3) is 5.49. The molecule has 2 aromatic carbocycles. The predicted octanol–water partition coefficient (Wildman–Crippen LogP) is 3.95. The summed E-state index contributed by atoms with van der Waals surface area (Å²) in [6.07, 6.45) is 5.11. The number of anilines is 1. The molecule has 0 aliphatic heterocycles. The molecular formula is C20H23N3O2. The van der Waals surface area contributed by atoms with Crippen LogP contribution >= 0.6 is 0 Å². The van der Waals surface area contributed by atoms with E-state index in [-0.39, 0.29) is 0 Å². The number of hydrogen-bond donors (Lipinski definition) is 2. The Morgan fingerprint density at radius 3 is 2.52 bits per heavy atom. The third-order valence-corrected chi connectivity index (χ3v) is 3.57. The first kappa shape index (κ1) is 18.3. The fraction of sp³-hybridized carbons (Fsp3) is 0.200. The summed E-state index contributed by atoms with van der Waals surface area (Å²) in [7, 11) is 1.92. The van der Waals surface area contributed by atoms with Gasteiger partial charge in [-0.3, -0.25) is 0 Å². The number of carbonyl (C=O) groups excluding carboxylic acids is 1. The number of ether oxygens (including phenoxy) is 1. The van der Waals surface area contributed by atoms with Crippen molar-refractivity contribution >= 4 is 12.0 Å². The zero-order valence-corrected chi connectivity index (χ0v) is 14.5. The van der Waals surface area contributed by atoms with E-state index in [1.165, 1.54) is 12.5 Å². The van der Waals surface area contributed by atoms with Crippen LogP contribution in [-0.4, -0.2) is 29.9 Å². The van der Waals surface area contributed by atoms with Gasteiger partial charge in [-0.15, -0.1) is 0 Å². The summed E-state index contributed by atoms with van der Waals surface area (Å²) < 4.78 is 5.96. The van der Waals surface area contributed by atoms with Gasteiger partial charge in [-0.1, -0.05) is 24.3 Å². The summed E-state index contributed by atoms with van der Waals surface area (Å²) in [5.41, 5.74) is 4.38. The molecule has 0 aliphatic rings. The summed E-state index contributed by atoms with van der Waals surface area (Å²) in [5.74, 6) is 0.874. The Kier molecular flexibility index (Phi) is 7.25. The van der Waals surface area contributed by atoms with Gasteiger partial charge >= 0.3 is 0 Å². The van der Waals surface area contributed by atoms with Gasteiger partial charge in [0.15, 0.2) is 0 Å². The van der Waals surface area contributed by atoms with Gasteiger partial charge in [0.25, 0.3) is 0 Å². The second-order valence-electron chi connectivity index (χ2n) is 5.24. The molecule has 5 heteroatoms. The molecule has 0 aliphatic carbocycles. The van der Waals surface area contributed by atoms with Crippen molar-refractivity contribution in [2.75, 3.05) is 19.0 Å². The molecule has 1 aromatic heterocycles. The minimum Gasteiger partial charge on any atom is -0.493 e. The van der Waals surface area contributed by atoms with Gasteiger partial charge < -0.3 is 19.8 Å². The number of carbonyl (C=O) groups is 1. The second-order valence-corrected chi connectivity index (χ2v) is 5.24. The molecule has 0 unspecified atom stereocenters. The summed E-state index contributed by atoms with van der Waals surface area (Å²) >= 11 is 0. The quantitative estimate of drug-likeness (QED) is 0.669. The third-order valence-electron chi connectivity index (χ3n) is 3.57. The van der Waals surface area contributed by atoms with Crippen LogP contribution in [0.15, 0.2) is 61.1 Å². The number of imidazole rings is 1. The van der Waals surface area contributed by atoms with Crippen LogP contribution in [-0.2, 0) is 11.2 Å². The maximum Gasteiger partial charge on any atom is 0.128 e. The largest absolute Gasteiger partial charge is 0.493 e. The van der Waals surface area contributed by atoms with E-state index in [2.05, 4.69) is 39.6 Å². The van der Waals surface area contributed by atoms with E-state index in [0.29, 0.717) is 6.61 Å². The highest BCUT2D eigenvalue weighted by Gasteiger charge is 2.06. The van der Waals surface area contributed by atoms with E-state index in [9.17, 15) is 0 Å². The van der Waals surface area contributed by atoms with E-state index in [4.69, 9.17) is 9.53 Å².